The van der Waals surface area contributed by atoms with Crippen molar-refractivity contribution in [1.82, 2.24) is 9.97 Å². The SMILES string of the molecule is Nc1ccc(-c2nc(N3CCOCC3)cc(C3(Sc4cc(F)cc(F)c4)CC3)n2)cc1. The summed E-state index contributed by atoms with van der Waals surface area (Å²) in [5.74, 6) is 0.323. The van der Waals surface area contributed by atoms with Crippen molar-refractivity contribution in [2.24, 2.45) is 0 Å². The van der Waals surface area contributed by atoms with Gasteiger partial charge in [0.25, 0.3) is 0 Å². The van der Waals surface area contributed by atoms with Gasteiger partial charge in [-0.2, -0.15) is 0 Å². The third-order valence-corrected chi connectivity index (χ3v) is 7.02. The summed E-state index contributed by atoms with van der Waals surface area (Å²) in [5, 5.41) is 0. The van der Waals surface area contributed by atoms with E-state index in [-0.39, 0.29) is 4.75 Å². The number of aromatic nitrogens is 2. The van der Waals surface area contributed by atoms with Crippen LogP contribution in [0.25, 0.3) is 11.4 Å². The molecular weight excluding hydrogens is 418 g/mol. The number of anilines is 2. The molecule has 2 aliphatic rings. The first-order valence-electron chi connectivity index (χ1n) is 10.2. The molecule has 5 rings (SSSR count). The molecule has 0 amide bonds. The number of hydrogen-bond donors (Lipinski definition) is 1. The minimum absolute atomic E-state index is 0.313. The Hall–Kier alpha value is -2.71. The van der Waals surface area contributed by atoms with Crippen molar-refractivity contribution < 1.29 is 13.5 Å². The predicted octanol–water partition coefficient (Wildman–Crippen LogP) is 4.62. The Labute approximate surface area is 183 Å². The van der Waals surface area contributed by atoms with Crippen molar-refractivity contribution >= 4 is 23.3 Å². The number of benzene rings is 2. The average Bonchev–Trinajstić information content (AvgIpc) is 3.54. The molecule has 2 N–H and O–H groups in total. The summed E-state index contributed by atoms with van der Waals surface area (Å²) in [4.78, 5) is 12.5. The number of ether oxygens (including phenoxy) is 1. The van der Waals surface area contributed by atoms with E-state index >= 15 is 0 Å². The lowest BCUT2D eigenvalue weighted by atomic mass is 10.1. The molecule has 5 nitrogen and oxygen atoms in total. The number of morpholine rings is 1. The highest BCUT2D eigenvalue weighted by Crippen LogP contribution is 2.59. The first-order valence-corrected chi connectivity index (χ1v) is 11.1. The van der Waals surface area contributed by atoms with Gasteiger partial charge in [-0.3, -0.25) is 0 Å². The minimum atomic E-state index is -0.572. The molecule has 2 fully saturated rings. The maximum absolute atomic E-state index is 13.7. The highest BCUT2D eigenvalue weighted by Gasteiger charge is 2.47. The van der Waals surface area contributed by atoms with Crippen molar-refractivity contribution in [3.05, 3.63) is 65.9 Å². The largest absolute Gasteiger partial charge is 0.399 e. The van der Waals surface area contributed by atoms with Crippen molar-refractivity contribution in [1.29, 1.82) is 0 Å². The zero-order chi connectivity index (χ0) is 21.4. The van der Waals surface area contributed by atoms with E-state index in [2.05, 4.69) is 4.90 Å². The maximum atomic E-state index is 13.7. The first-order chi connectivity index (χ1) is 15.0. The minimum Gasteiger partial charge on any atom is -0.399 e. The Bertz CT molecular complexity index is 1080. The molecule has 0 spiro atoms. The summed E-state index contributed by atoms with van der Waals surface area (Å²) >= 11 is 1.47. The predicted molar refractivity (Wildman–Crippen MR) is 118 cm³/mol. The Morgan fingerprint density at radius 1 is 0.935 bits per heavy atom. The first kappa shape index (κ1) is 20.2. The zero-order valence-electron chi connectivity index (χ0n) is 16.9. The van der Waals surface area contributed by atoms with Crippen LogP contribution in [0.5, 0.6) is 0 Å². The highest BCUT2D eigenvalue weighted by molar-refractivity contribution is 8.00. The van der Waals surface area contributed by atoms with Gasteiger partial charge in [0.15, 0.2) is 5.82 Å². The molecule has 8 heteroatoms. The Morgan fingerprint density at radius 3 is 2.26 bits per heavy atom. The molecule has 1 saturated carbocycles. The van der Waals surface area contributed by atoms with Crippen LogP contribution in [0.3, 0.4) is 0 Å². The number of hydrogen-bond acceptors (Lipinski definition) is 6. The van der Waals surface area contributed by atoms with Crippen LogP contribution in [0.15, 0.2) is 53.4 Å². The summed E-state index contributed by atoms with van der Waals surface area (Å²) in [6, 6.07) is 13.1. The summed E-state index contributed by atoms with van der Waals surface area (Å²) in [7, 11) is 0. The summed E-state index contributed by atoms with van der Waals surface area (Å²) < 4.78 is 32.7. The molecule has 31 heavy (non-hydrogen) atoms. The number of halogens is 2. The van der Waals surface area contributed by atoms with Crippen LogP contribution in [0.2, 0.25) is 0 Å². The van der Waals surface area contributed by atoms with Crippen LogP contribution in [0.4, 0.5) is 20.3 Å². The van der Waals surface area contributed by atoms with Gasteiger partial charge in [-0.1, -0.05) is 0 Å². The van der Waals surface area contributed by atoms with Crippen LogP contribution < -0.4 is 10.6 Å². The van der Waals surface area contributed by atoms with Gasteiger partial charge in [0, 0.05) is 41.4 Å². The van der Waals surface area contributed by atoms with E-state index in [1.165, 1.54) is 23.9 Å². The third kappa shape index (κ3) is 4.36. The van der Waals surface area contributed by atoms with Gasteiger partial charge in [-0.25, -0.2) is 18.7 Å². The second kappa shape index (κ2) is 8.09. The molecule has 2 aromatic carbocycles. The van der Waals surface area contributed by atoms with Gasteiger partial charge in [0.1, 0.15) is 17.5 Å². The Balaban J connectivity index is 1.55. The van der Waals surface area contributed by atoms with Gasteiger partial charge in [-0.15, -0.1) is 11.8 Å². The van der Waals surface area contributed by atoms with E-state index in [1.807, 2.05) is 30.3 Å². The van der Waals surface area contributed by atoms with Crippen molar-refractivity contribution in [2.45, 2.75) is 22.5 Å². The smallest absolute Gasteiger partial charge is 0.161 e. The topological polar surface area (TPSA) is 64.3 Å². The quantitative estimate of drug-likeness (QED) is 0.584. The molecule has 1 aliphatic carbocycles. The van der Waals surface area contributed by atoms with Crippen molar-refractivity contribution in [2.75, 3.05) is 36.9 Å². The maximum Gasteiger partial charge on any atom is 0.161 e. The molecule has 160 valence electrons. The normalized spacial score (nSPS) is 17.5. The van der Waals surface area contributed by atoms with E-state index in [1.54, 1.807) is 0 Å². The van der Waals surface area contributed by atoms with Crippen molar-refractivity contribution in [3.8, 4) is 11.4 Å². The van der Waals surface area contributed by atoms with Crippen LogP contribution in [0, 0.1) is 11.6 Å². The lowest BCUT2D eigenvalue weighted by molar-refractivity contribution is 0.122. The van der Waals surface area contributed by atoms with Crippen LogP contribution in [0.1, 0.15) is 18.5 Å². The molecular formula is C23H22F2N4OS. The fourth-order valence-corrected chi connectivity index (χ4v) is 5.03. The van der Waals surface area contributed by atoms with E-state index < -0.39 is 11.6 Å². The molecule has 1 aliphatic heterocycles. The van der Waals surface area contributed by atoms with Crippen LogP contribution in [-0.2, 0) is 9.48 Å². The zero-order valence-corrected chi connectivity index (χ0v) is 17.7. The average molecular weight is 441 g/mol. The number of rotatable bonds is 5. The fourth-order valence-electron chi connectivity index (χ4n) is 3.72. The Kier molecular flexibility index (Phi) is 5.27. The second-order valence-electron chi connectivity index (χ2n) is 7.86. The standard InChI is InChI=1S/C23H22F2N4OS/c24-16-11-17(25)13-19(12-16)31-23(5-6-23)20-14-21(29-7-9-30-10-8-29)28-22(27-20)15-1-3-18(26)4-2-15/h1-4,11-14H,5-10,26H2. The highest BCUT2D eigenvalue weighted by atomic mass is 32.2. The van der Waals surface area contributed by atoms with Gasteiger partial charge < -0.3 is 15.4 Å². The molecule has 0 bridgehead atoms. The third-order valence-electron chi connectivity index (χ3n) is 5.54. The fraction of sp³-hybridized carbons (Fsp3) is 0.304. The van der Waals surface area contributed by atoms with E-state index in [0.717, 1.165) is 49.1 Å². The molecule has 0 unspecified atom stereocenters. The lowest BCUT2D eigenvalue weighted by Crippen LogP contribution is -2.37. The molecule has 1 saturated heterocycles. The Morgan fingerprint density at radius 2 is 1.61 bits per heavy atom. The van der Waals surface area contributed by atoms with Gasteiger partial charge in [-0.05, 0) is 49.2 Å². The number of thioether (sulfide) groups is 1. The molecule has 3 aromatic rings. The van der Waals surface area contributed by atoms with Gasteiger partial charge in [0.05, 0.1) is 23.7 Å². The van der Waals surface area contributed by atoms with E-state index in [4.69, 9.17) is 20.4 Å². The number of nitrogen functional groups attached to an aromatic ring is 1. The van der Waals surface area contributed by atoms with E-state index in [0.29, 0.717) is 29.6 Å². The number of nitrogens with zero attached hydrogens (tertiary/aromatic N) is 3. The number of nitrogens with two attached hydrogens (primary N) is 1. The lowest BCUT2D eigenvalue weighted by Gasteiger charge is -2.29. The molecule has 1 aromatic heterocycles. The summed E-state index contributed by atoms with van der Waals surface area (Å²) in [5.41, 5.74) is 8.28. The monoisotopic (exact) mass is 440 g/mol. The molecule has 0 radical (unpaired) electrons. The summed E-state index contributed by atoms with van der Waals surface area (Å²) in [6.45, 7) is 2.82. The van der Waals surface area contributed by atoms with Crippen LogP contribution >= 0.6 is 11.8 Å². The molecule has 0 atom stereocenters. The molecule has 2 heterocycles. The summed E-state index contributed by atoms with van der Waals surface area (Å²) in [6.07, 6.45) is 1.77. The van der Waals surface area contributed by atoms with Gasteiger partial charge >= 0.3 is 0 Å². The van der Waals surface area contributed by atoms with Gasteiger partial charge in [0.2, 0.25) is 0 Å². The van der Waals surface area contributed by atoms with Crippen molar-refractivity contribution in [3.63, 3.8) is 0 Å². The van der Waals surface area contributed by atoms with E-state index in [9.17, 15) is 8.78 Å². The second-order valence-corrected chi connectivity index (χ2v) is 9.31. The van der Waals surface area contributed by atoms with Crippen LogP contribution in [-0.4, -0.2) is 36.3 Å².